The Morgan fingerprint density at radius 3 is 2.09 bits per heavy atom. The van der Waals surface area contributed by atoms with Crippen LogP contribution in [0.25, 0.3) is 0 Å². The normalized spacial score (nSPS) is 27.1. The predicted molar refractivity (Wildman–Crippen MR) is 119 cm³/mol. The highest BCUT2D eigenvalue weighted by molar-refractivity contribution is 6.25. The minimum Gasteiger partial charge on any atom is -0.497 e. The van der Waals surface area contributed by atoms with E-state index in [-0.39, 0.29) is 23.5 Å². The molecule has 0 unspecified atom stereocenters. The summed E-state index contributed by atoms with van der Waals surface area (Å²) in [7, 11) is 1.55. The first-order valence-electron chi connectivity index (χ1n) is 10.7. The van der Waals surface area contributed by atoms with Crippen molar-refractivity contribution in [1.82, 2.24) is 0 Å². The van der Waals surface area contributed by atoms with Gasteiger partial charge in [-0.1, -0.05) is 54.6 Å². The summed E-state index contributed by atoms with van der Waals surface area (Å²) in [6.07, 6.45) is 0. The van der Waals surface area contributed by atoms with Gasteiger partial charge in [0.1, 0.15) is 11.5 Å². The third-order valence-corrected chi connectivity index (χ3v) is 7.48. The molecule has 1 fully saturated rings. The molecule has 0 aromatic heterocycles. The van der Waals surface area contributed by atoms with E-state index in [0.29, 0.717) is 11.4 Å². The number of Topliss-reactive ketones (excluding diaryl/α,β-unsaturated/α-hetero) is 1. The van der Waals surface area contributed by atoms with Crippen LogP contribution in [0.5, 0.6) is 5.75 Å². The predicted octanol–water partition coefficient (Wildman–Crippen LogP) is 3.84. The second-order valence-electron chi connectivity index (χ2n) is 8.73. The number of carbonyl (C=O) groups is 3. The maximum atomic E-state index is 14.0. The molecule has 0 spiro atoms. The van der Waals surface area contributed by atoms with Crippen molar-refractivity contribution in [2.75, 3.05) is 12.0 Å². The summed E-state index contributed by atoms with van der Waals surface area (Å²) >= 11 is 0. The van der Waals surface area contributed by atoms with Crippen molar-refractivity contribution in [1.29, 1.82) is 0 Å². The van der Waals surface area contributed by atoms with Crippen LogP contribution < -0.4 is 9.64 Å². The molecular weight excluding hydrogens is 402 g/mol. The molecule has 2 bridgehead atoms. The number of ketones is 1. The number of anilines is 1. The first-order chi connectivity index (χ1) is 15.5. The van der Waals surface area contributed by atoms with Crippen LogP contribution in [0.3, 0.4) is 0 Å². The molecule has 1 saturated heterocycles. The molecule has 1 heterocycles. The highest BCUT2D eigenvalue weighted by Crippen LogP contribution is 2.64. The van der Waals surface area contributed by atoms with E-state index in [9.17, 15) is 14.4 Å². The third-order valence-electron chi connectivity index (χ3n) is 7.48. The van der Waals surface area contributed by atoms with Gasteiger partial charge in [0, 0.05) is 12.0 Å². The fourth-order valence-electron chi connectivity index (χ4n) is 6.37. The van der Waals surface area contributed by atoms with Gasteiger partial charge >= 0.3 is 0 Å². The second kappa shape index (κ2) is 6.39. The molecule has 2 amide bonds. The van der Waals surface area contributed by atoms with Crippen LogP contribution in [0.1, 0.15) is 35.1 Å². The van der Waals surface area contributed by atoms with E-state index in [2.05, 4.69) is 0 Å². The monoisotopic (exact) mass is 423 g/mol. The van der Waals surface area contributed by atoms with Crippen molar-refractivity contribution in [3.8, 4) is 5.75 Å². The molecule has 0 radical (unpaired) electrons. The molecule has 4 aliphatic rings. The van der Waals surface area contributed by atoms with E-state index in [1.54, 1.807) is 38.3 Å². The number of hydrogen-bond donors (Lipinski definition) is 0. The first-order valence-corrected chi connectivity index (χ1v) is 10.7. The number of carbonyl (C=O) groups excluding carboxylic acids is 3. The molecule has 0 saturated carbocycles. The number of hydrogen-bond acceptors (Lipinski definition) is 4. The van der Waals surface area contributed by atoms with Crippen molar-refractivity contribution in [2.45, 2.75) is 18.3 Å². The maximum absolute atomic E-state index is 14.0. The van der Waals surface area contributed by atoms with Gasteiger partial charge in [0.05, 0.1) is 30.0 Å². The Hall–Kier alpha value is -3.73. The van der Waals surface area contributed by atoms with Crippen LogP contribution in [0.4, 0.5) is 5.69 Å². The number of benzene rings is 3. The SMILES string of the molecule is COc1cccc(N2C(=O)[C@@H]3C4c5ccccc5C(C(C)=O)(c5ccccc54)[C@H]3C2=O)c1. The Kier molecular flexibility index (Phi) is 3.79. The minimum absolute atomic E-state index is 0.112. The number of methoxy groups -OCH3 is 1. The van der Waals surface area contributed by atoms with Crippen LogP contribution in [0, 0.1) is 11.8 Å². The Balaban J connectivity index is 1.65. The maximum Gasteiger partial charge on any atom is 0.239 e. The lowest BCUT2D eigenvalue weighted by molar-refractivity contribution is -0.132. The molecule has 2 atom stereocenters. The van der Waals surface area contributed by atoms with E-state index in [1.807, 2.05) is 48.5 Å². The van der Waals surface area contributed by atoms with Crippen molar-refractivity contribution >= 4 is 23.3 Å². The molecule has 0 N–H and O–H groups in total. The minimum atomic E-state index is -1.17. The van der Waals surface area contributed by atoms with Gasteiger partial charge in [-0.25, -0.2) is 4.90 Å². The van der Waals surface area contributed by atoms with E-state index < -0.39 is 17.3 Å². The Morgan fingerprint density at radius 2 is 1.50 bits per heavy atom. The van der Waals surface area contributed by atoms with E-state index in [0.717, 1.165) is 22.3 Å². The Bertz CT molecular complexity index is 1280. The second-order valence-corrected chi connectivity index (χ2v) is 8.73. The van der Waals surface area contributed by atoms with Gasteiger partial charge in [0.15, 0.2) is 0 Å². The van der Waals surface area contributed by atoms with Crippen LogP contribution in [-0.4, -0.2) is 24.7 Å². The highest BCUT2D eigenvalue weighted by atomic mass is 16.5. The summed E-state index contributed by atoms with van der Waals surface area (Å²) in [4.78, 5) is 42.7. The lowest BCUT2D eigenvalue weighted by Gasteiger charge is -2.52. The molecule has 5 heteroatoms. The molecule has 1 aliphatic heterocycles. The van der Waals surface area contributed by atoms with Crippen LogP contribution in [-0.2, 0) is 19.8 Å². The summed E-state index contributed by atoms with van der Waals surface area (Å²) < 4.78 is 5.31. The third kappa shape index (κ3) is 2.06. The number of ether oxygens (including phenoxy) is 1. The molecule has 5 nitrogen and oxygen atoms in total. The van der Waals surface area contributed by atoms with Gasteiger partial charge in [-0.05, 0) is 41.3 Å². The zero-order chi connectivity index (χ0) is 22.2. The first kappa shape index (κ1) is 19.0. The van der Waals surface area contributed by atoms with Crippen molar-refractivity contribution in [2.24, 2.45) is 11.8 Å². The zero-order valence-electron chi connectivity index (χ0n) is 17.7. The molecule has 3 aromatic rings. The fraction of sp³-hybridized carbons (Fsp3) is 0.222. The lowest BCUT2D eigenvalue weighted by Crippen LogP contribution is -2.57. The standard InChI is InChI=1S/C27H21NO4/c1-15(29)27-20-12-5-3-10-18(20)22(19-11-4-6-13-21(19)27)23-24(27)26(31)28(25(23)30)16-8-7-9-17(14-16)32-2/h3-14,22-24H,1-2H3/t22?,23-,24-,27?/m1/s1. The number of nitrogens with zero attached hydrogens (tertiary/aromatic N) is 1. The van der Waals surface area contributed by atoms with E-state index in [4.69, 9.17) is 4.74 Å². The Labute approximate surface area is 185 Å². The van der Waals surface area contributed by atoms with Gasteiger partial charge in [0.2, 0.25) is 11.8 Å². The molecule has 3 aromatic carbocycles. The highest BCUT2D eigenvalue weighted by Gasteiger charge is 2.69. The van der Waals surface area contributed by atoms with Crippen LogP contribution >= 0.6 is 0 Å². The smallest absolute Gasteiger partial charge is 0.239 e. The Morgan fingerprint density at radius 1 is 0.875 bits per heavy atom. The van der Waals surface area contributed by atoms with Crippen molar-refractivity contribution in [3.63, 3.8) is 0 Å². The van der Waals surface area contributed by atoms with E-state index in [1.165, 1.54) is 4.90 Å². The lowest BCUT2D eigenvalue weighted by atomic mass is 9.46. The summed E-state index contributed by atoms with van der Waals surface area (Å²) in [6, 6.07) is 22.5. The summed E-state index contributed by atoms with van der Waals surface area (Å²) in [5, 5.41) is 0. The van der Waals surface area contributed by atoms with Gasteiger partial charge in [-0.2, -0.15) is 0 Å². The van der Waals surface area contributed by atoms with Gasteiger partial charge in [0.25, 0.3) is 0 Å². The van der Waals surface area contributed by atoms with Crippen molar-refractivity contribution < 1.29 is 19.1 Å². The molecule has 32 heavy (non-hydrogen) atoms. The number of rotatable bonds is 3. The summed E-state index contributed by atoms with van der Waals surface area (Å²) in [6.45, 7) is 1.54. The molecule has 3 aliphatic carbocycles. The fourth-order valence-corrected chi connectivity index (χ4v) is 6.37. The molecule has 158 valence electrons. The largest absolute Gasteiger partial charge is 0.497 e. The van der Waals surface area contributed by atoms with Gasteiger partial charge in [-0.15, -0.1) is 0 Å². The van der Waals surface area contributed by atoms with Gasteiger partial charge < -0.3 is 4.74 Å². The summed E-state index contributed by atoms with van der Waals surface area (Å²) in [5.41, 5.74) is 2.94. The number of imide groups is 1. The van der Waals surface area contributed by atoms with E-state index >= 15 is 0 Å². The van der Waals surface area contributed by atoms with Gasteiger partial charge in [-0.3, -0.25) is 14.4 Å². The van der Waals surface area contributed by atoms with Crippen LogP contribution in [0.2, 0.25) is 0 Å². The van der Waals surface area contributed by atoms with Crippen LogP contribution in [0.15, 0.2) is 72.8 Å². The number of amides is 2. The van der Waals surface area contributed by atoms with Crippen molar-refractivity contribution in [3.05, 3.63) is 95.1 Å². The molecular formula is C27H21NO4. The topological polar surface area (TPSA) is 63.7 Å². The summed E-state index contributed by atoms with van der Waals surface area (Å²) in [5.74, 6) is -1.78. The molecule has 7 rings (SSSR count). The zero-order valence-corrected chi connectivity index (χ0v) is 17.7. The average molecular weight is 423 g/mol. The average Bonchev–Trinajstić information content (AvgIpc) is 3.09. The quantitative estimate of drug-likeness (QED) is 0.601.